The van der Waals surface area contributed by atoms with E-state index in [0.717, 1.165) is 18.6 Å². The van der Waals surface area contributed by atoms with Crippen molar-refractivity contribution in [1.82, 2.24) is 14.9 Å². The predicted octanol–water partition coefficient (Wildman–Crippen LogP) is 3.89. The molecule has 5 nitrogen and oxygen atoms in total. The van der Waals surface area contributed by atoms with Crippen LogP contribution in [-0.4, -0.2) is 27.3 Å². The average Bonchev–Trinajstić information content (AvgIpc) is 3.23. The Morgan fingerprint density at radius 3 is 2.96 bits per heavy atom. The van der Waals surface area contributed by atoms with Gasteiger partial charge in [0, 0.05) is 6.54 Å². The SMILES string of the molecule is Cc1cc(C(=O)N2CCCC2c2nc3ccc(F)cc3[nH]2)c(C)o1. The van der Waals surface area contributed by atoms with Crippen molar-refractivity contribution in [2.75, 3.05) is 6.54 Å². The molecule has 6 heteroatoms. The van der Waals surface area contributed by atoms with Crippen LogP contribution in [-0.2, 0) is 0 Å². The summed E-state index contributed by atoms with van der Waals surface area (Å²) >= 11 is 0. The number of rotatable bonds is 2. The van der Waals surface area contributed by atoms with Gasteiger partial charge in [0.15, 0.2) is 0 Å². The minimum atomic E-state index is -0.304. The summed E-state index contributed by atoms with van der Waals surface area (Å²) in [5.74, 6) is 1.72. The molecular weight excluding hydrogens is 309 g/mol. The lowest BCUT2D eigenvalue weighted by molar-refractivity contribution is 0.0729. The molecule has 24 heavy (non-hydrogen) atoms. The molecule has 4 rings (SSSR count). The molecule has 0 radical (unpaired) electrons. The highest BCUT2D eigenvalue weighted by Crippen LogP contribution is 2.33. The van der Waals surface area contributed by atoms with E-state index in [1.54, 1.807) is 19.1 Å². The number of imidazole rings is 1. The van der Waals surface area contributed by atoms with Gasteiger partial charge < -0.3 is 14.3 Å². The summed E-state index contributed by atoms with van der Waals surface area (Å²) in [6, 6.07) is 6.12. The van der Waals surface area contributed by atoms with E-state index < -0.39 is 0 Å². The third kappa shape index (κ3) is 2.38. The number of aromatic nitrogens is 2. The van der Waals surface area contributed by atoms with Gasteiger partial charge in [-0.3, -0.25) is 4.79 Å². The van der Waals surface area contributed by atoms with Gasteiger partial charge in [-0.05, 0) is 51.0 Å². The van der Waals surface area contributed by atoms with Gasteiger partial charge in [0.05, 0.1) is 22.6 Å². The zero-order valence-electron chi connectivity index (χ0n) is 13.6. The van der Waals surface area contributed by atoms with Crippen molar-refractivity contribution in [3.63, 3.8) is 0 Å². The van der Waals surface area contributed by atoms with Crippen LogP contribution in [0.3, 0.4) is 0 Å². The number of carbonyl (C=O) groups excluding carboxylic acids is 1. The van der Waals surface area contributed by atoms with E-state index in [0.29, 0.717) is 34.7 Å². The Bertz CT molecular complexity index is 928. The number of nitrogens with zero attached hydrogens (tertiary/aromatic N) is 2. The molecule has 3 aromatic rings. The monoisotopic (exact) mass is 327 g/mol. The minimum absolute atomic E-state index is 0.0431. The minimum Gasteiger partial charge on any atom is -0.466 e. The summed E-state index contributed by atoms with van der Waals surface area (Å²) in [5.41, 5.74) is 1.96. The topological polar surface area (TPSA) is 62.1 Å². The molecule has 1 aromatic carbocycles. The van der Waals surface area contributed by atoms with Crippen LogP contribution in [0.5, 0.6) is 0 Å². The van der Waals surface area contributed by atoms with Gasteiger partial charge in [0.2, 0.25) is 0 Å². The van der Waals surface area contributed by atoms with E-state index in [9.17, 15) is 9.18 Å². The van der Waals surface area contributed by atoms with Gasteiger partial charge in [-0.1, -0.05) is 0 Å². The number of halogens is 1. The number of aromatic amines is 1. The molecule has 1 atom stereocenters. The number of aryl methyl sites for hydroxylation is 2. The molecule has 1 aliphatic heterocycles. The van der Waals surface area contributed by atoms with Gasteiger partial charge in [0.1, 0.15) is 23.2 Å². The normalized spacial score (nSPS) is 17.8. The quantitative estimate of drug-likeness (QED) is 0.777. The van der Waals surface area contributed by atoms with E-state index >= 15 is 0 Å². The third-order valence-corrected chi connectivity index (χ3v) is 4.56. The maximum atomic E-state index is 13.4. The molecule has 3 heterocycles. The first-order chi connectivity index (χ1) is 11.5. The number of hydrogen-bond acceptors (Lipinski definition) is 3. The standard InChI is InChI=1S/C18H18FN3O2/c1-10-8-13(11(2)24-10)18(23)22-7-3-4-16(22)17-20-14-6-5-12(19)9-15(14)21-17/h5-6,8-9,16H,3-4,7H2,1-2H3,(H,20,21). The summed E-state index contributed by atoms with van der Waals surface area (Å²) in [7, 11) is 0. The zero-order chi connectivity index (χ0) is 16.8. The molecule has 2 aromatic heterocycles. The second kappa shape index (κ2) is 5.47. The lowest BCUT2D eigenvalue weighted by Gasteiger charge is -2.22. The molecule has 1 unspecified atom stereocenters. The Balaban J connectivity index is 1.68. The lowest BCUT2D eigenvalue weighted by Crippen LogP contribution is -2.31. The van der Waals surface area contributed by atoms with Crippen LogP contribution in [0, 0.1) is 19.7 Å². The fourth-order valence-corrected chi connectivity index (χ4v) is 3.45. The van der Waals surface area contributed by atoms with Crippen LogP contribution >= 0.6 is 0 Å². The van der Waals surface area contributed by atoms with Gasteiger partial charge in [-0.2, -0.15) is 0 Å². The number of hydrogen-bond donors (Lipinski definition) is 1. The van der Waals surface area contributed by atoms with Crippen molar-refractivity contribution in [2.45, 2.75) is 32.7 Å². The van der Waals surface area contributed by atoms with E-state index in [-0.39, 0.29) is 17.8 Å². The van der Waals surface area contributed by atoms with Crippen molar-refractivity contribution in [3.05, 3.63) is 53.0 Å². The number of furan rings is 1. The van der Waals surface area contributed by atoms with E-state index in [1.807, 2.05) is 11.8 Å². The second-order valence-electron chi connectivity index (χ2n) is 6.27. The Hall–Kier alpha value is -2.63. The Morgan fingerprint density at radius 2 is 2.21 bits per heavy atom. The molecule has 124 valence electrons. The van der Waals surface area contributed by atoms with Crippen LogP contribution in [0.1, 0.15) is 46.6 Å². The van der Waals surface area contributed by atoms with Crippen molar-refractivity contribution in [2.24, 2.45) is 0 Å². The molecule has 1 N–H and O–H groups in total. The first-order valence-electron chi connectivity index (χ1n) is 8.06. The molecule has 1 aliphatic rings. The van der Waals surface area contributed by atoms with Crippen LogP contribution in [0.15, 0.2) is 28.7 Å². The largest absolute Gasteiger partial charge is 0.466 e. The molecule has 0 aliphatic carbocycles. The first-order valence-corrected chi connectivity index (χ1v) is 8.06. The van der Waals surface area contributed by atoms with E-state index in [4.69, 9.17) is 4.42 Å². The first kappa shape index (κ1) is 14.9. The summed E-state index contributed by atoms with van der Waals surface area (Å²) < 4.78 is 18.9. The fraction of sp³-hybridized carbons (Fsp3) is 0.333. The molecular formula is C18H18FN3O2. The fourth-order valence-electron chi connectivity index (χ4n) is 3.45. The van der Waals surface area contributed by atoms with Gasteiger partial charge in [-0.25, -0.2) is 9.37 Å². The van der Waals surface area contributed by atoms with Crippen LogP contribution in [0.2, 0.25) is 0 Å². The zero-order valence-corrected chi connectivity index (χ0v) is 13.6. The van der Waals surface area contributed by atoms with Gasteiger partial charge in [-0.15, -0.1) is 0 Å². The van der Waals surface area contributed by atoms with Crippen molar-refractivity contribution < 1.29 is 13.6 Å². The third-order valence-electron chi connectivity index (χ3n) is 4.56. The Labute approximate surface area is 138 Å². The number of nitrogens with one attached hydrogen (secondary N) is 1. The smallest absolute Gasteiger partial charge is 0.258 e. The number of likely N-dealkylation sites (tertiary alicyclic amines) is 1. The Morgan fingerprint density at radius 1 is 1.38 bits per heavy atom. The predicted molar refractivity (Wildman–Crippen MR) is 87.2 cm³/mol. The van der Waals surface area contributed by atoms with Crippen molar-refractivity contribution in [3.8, 4) is 0 Å². The highest BCUT2D eigenvalue weighted by molar-refractivity contribution is 5.95. The van der Waals surface area contributed by atoms with Crippen LogP contribution < -0.4 is 0 Å². The number of fused-ring (bicyclic) bond motifs is 1. The summed E-state index contributed by atoms with van der Waals surface area (Å²) in [5, 5.41) is 0. The van der Waals surface area contributed by atoms with Crippen LogP contribution in [0.25, 0.3) is 11.0 Å². The second-order valence-corrected chi connectivity index (χ2v) is 6.27. The molecule has 1 saturated heterocycles. The maximum Gasteiger partial charge on any atom is 0.258 e. The number of benzene rings is 1. The molecule has 0 spiro atoms. The maximum absolute atomic E-state index is 13.4. The number of H-pyrrole nitrogens is 1. The molecule has 1 fully saturated rings. The highest BCUT2D eigenvalue weighted by Gasteiger charge is 2.34. The molecule has 0 bridgehead atoms. The Kier molecular flexibility index (Phi) is 3.40. The summed E-state index contributed by atoms with van der Waals surface area (Å²) in [4.78, 5) is 22.4. The average molecular weight is 327 g/mol. The van der Waals surface area contributed by atoms with E-state index in [2.05, 4.69) is 9.97 Å². The van der Waals surface area contributed by atoms with Gasteiger partial charge >= 0.3 is 0 Å². The molecule has 1 amide bonds. The van der Waals surface area contributed by atoms with E-state index in [1.165, 1.54) is 12.1 Å². The highest BCUT2D eigenvalue weighted by atomic mass is 19.1. The summed E-state index contributed by atoms with van der Waals surface area (Å²) in [6.07, 6.45) is 1.75. The lowest BCUT2D eigenvalue weighted by atomic mass is 10.1. The van der Waals surface area contributed by atoms with Crippen molar-refractivity contribution >= 4 is 16.9 Å². The van der Waals surface area contributed by atoms with Gasteiger partial charge in [0.25, 0.3) is 5.91 Å². The van der Waals surface area contributed by atoms with Crippen LogP contribution in [0.4, 0.5) is 4.39 Å². The number of carbonyl (C=O) groups is 1. The summed E-state index contributed by atoms with van der Waals surface area (Å²) in [6.45, 7) is 4.31. The molecule has 0 saturated carbocycles. The van der Waals surface area contributed by atoms with Crippen molar-refractivity contribution in [1.29, 1.82) is 0 Å². The number of amides is 1.